The normalized spacial score (nSPS) is 21.0. The maximum absolute atomic E-state index is 13.5. The van der Waals surface area contributed by atoms with Gasteiger partial charge in [-0.05, 0) is 24.6 Å². The summed E-state index contributed by atoms with van der Waals surface area (Å²) in [5.41, 5.74) is 0.776. The first-order chi connectivity index (χ1) is 16.2. The third-order valence-corrected chi connectivity index (χ3v) is 7.63. The lowest BCUT2D eigenvalue weighted by atomic mass is 10.0. The quantitative estimate of drug-likeness (QED) is 0.607. The Labute approximate surface area is 196 Å². The lowest BCUT2D eigenvalue weighted by Crippen LogP contribution is -2.60. The van der Waals surface area contributed by atoms with E-state index in [4.69, 9.17) is 10.1 Å². The number of hydrogen-bond acceptors (Lipinski definition) is 6. The summed E-state index contributed by atoms with van der Waals surface area (Å²) in [7, 11) is -3.59. The highest BCUT2D eigenvalue weighted by atomic mass is 32.2. The number of ether oxygens (including phenoxy) is 1. The molecule has 2 aromatic rings. The first kappa shape index (κ1) is 23.8. The second kappa shape index (κ2) is 9.51. The number of hydrogen-bond donors (Lipinski definition) is 2. The van der Waals surface area contributed by atoms with Crippen molar-refractivity contribution in [3.05, 3.63) is 77.2 Å². The van der Waals surface area contributed by atoms with Crippen LogP contribution in [0.5, 0.6) is 0 Å². The molecule has 2 unspecified atom stereocenters. The minimum absolute atomic E-state index is 0.0884. The van der Waals surface area contributed by atoms with Crippen LogP contribution in [0.15, 0.2) is 60.0 Å². The highest BCUT2D eigenvalue weighted by Gasteiger charge is 2.42. The number of rotatable bonds is 6. The topological polar surface area (TPSA) is 103 Å². The van der Waals surface area contributed by atoms with Crippen LogP contribution in [0.1, 0.15) is 12.5 Å². The molecule has 180 valence electrons. The van der Waals surface area contributed by atoms with E-state index in [1.54, 1.807) is 36.1 Å². The Kier molecular flexibility index (Phi) is 6.67. The van der Waals surface area contributed by atoms with Gasteiger partial charge in [0.15, 0.2) is 0 Å². The predicted molar refractivity (Wildman–Crippen MR) is 122 cm³/mol. The molecule has 1 saturated heterocycles. The Morgan fingerprint density at radius 1 is 1.18 bits per heavy atom. The SMILES string of the molecule is CC1OC(C(=O)Nc2cc(F)cc(F)c2)=C(C=N)N2CCN(S(=O)(=O)Cc3ccccc3)CC12. The Morgan fingerprint density at radius 2 is 1.85 bits per heavy atom. The van der Waals surface area contributed by atoms with Gasteiger partial charge >= 0.3 is 0 Å². The number of nitrogens with one attached hydrogen (secondary N) is 2. The Balaban J connectivity index is 1.53. The molecule has 0 bridgehead atoms. The second-order valence-corrected chi connectivity index (χ2v) is 10.1. The van der Waals surface area contributed by atoms with Crippen LogP contribution >= 0.6 is 0 Å². The van der Waals surface area contributed by atoms with E-state index in [-0.39, 0.29) is 42.5 Å². The molecule has 0 aliphatic carbocycles. The van der Waals surface area contributed by atoms with Crippen LogP contribution in [-0.4, -0.2) is 61.5 Å². The lowest BCUT2D eigenvalue weighted by molar-refractivity contribution is -0.119. The fourth-order valence-electron chi connectivity index (χ4n) is 4.20. The van der Waals surface area contributed by atoms with Crippen molar-refractivity contribution in [2.45, 2.75) is 24.8 Å². The minimum atomic E-state index is -3.59. The van der Waals surface area contributed by atoms with Crippen LogP contribution in [-0.2, 0) is 25.3 Å². The van der Waals surface area contributed by atoms with Crippen LogP contribution in [0.2, 0.25) is 0 Å². The number of piperazine rings is 1. The van der Waals surface area contributed by atoms with Crippen molar-refractivity contribution in [3.8, 4) is 0 Å². The number of benzene rings is 2. The molecule has 4 rings (SSSR count). The molecule has 1 fully saturated rings. The fourth-order valence-corrected chi connectivity index (χ4v) is 5.74. The number of sulfonamides is 1. The average Bonchev–Trinajstić information content (AvgIpc) is 2.78. The van der Waals surface area contributed by atoms with Gasteiger partial charge in [0.05, 0.1) is 11.8 Å². The van der Waals surface area contributed by atoms with E-state index >= 15 is 0 Å². The first-order valence-electron chi connectivity index (χ1n) is 10.6. The zero-order valence-corrected chi connectivity index (χ0v) is 19.2. The van der Waals surface area contributed by atoms with Gasteiger partial charge in [-0.2, -0.15) is 4.31 Å². The molecule has 34 heavy (non-hydrogen) atoms. The van der Waals surface area contributed by atoms with Crippen molar-refractivity contribution in [1.82, 2.24) is 9.21 Å². The van der Waals surface area contributed by atoms with Crippen molar-refractivity contribution in [2.24, 2.45) is 0 Å². The number of carbonyl (C=O) groups excluding carboxylic acids is 1. The Hall–Kier alpha value is -3.31. The van der Waals surface area contributed by atoms with Crippen molar-refractivity contribution >= 4 is 27.8 Å². The molecule has 2 aromatic carbocycles. The third kappa shape index (κ3) is 4.95. The third-order valence-electron chi connectivity index (χ3n) is 5.82. The van der Waals surface area contributed by atoms with Crippen molar-refractivity contribution in [2.75, 3.05) is 25.0 Å². The van der Waals surface area contributed by atoms with Gasteiger partial charge in [-0.15, -0.1) is 0 Å². The highest BCUT2D eigenvalue weighted by Crippen LogP contribution is 2.30. The predicted octanol–water partition coefficient (Wildman–Crippen LogP) is 2.70. The molecule has 2 N–H and O–H groups in total. The number of nitrogens with zero attached hydrogens (tertiary/aromatic N) is 2. The van der Waals surface area contributed by atoms with Crippen LogP contribution in [0.25, 0.3) is 0 Å². The summed E-state index contributed by atoms with van der Waals surface area (Å²) >= 11 is 0. The molecule has 0 saturated carbocycles. The van der Waals surface area contributed by atoms with Gasteiger partial charge in [0.1, 0.15) is 23.4 Å². The van der Waals surface area contributed by atoms with Crippen molar-refractivity contribution < 1.29 is 26.7 Å². The molecular formula is C23H24F2N4O4S. The molecular weight excluding hydrogens is 466 g/mol. The molecule has 0 spiro atoms. The van der Waals surface area contributed by atoms with Gasteiger partial charge in [-0.25, -0.2) is 17.2 Å². The maximum Gasteiger partial charge on any atom is 0.293 e. The van der Waals surface area contributed by atoms with E-state index in [9.17, 15) is 22.0 Å². The van der Waals surface area contributed by atoms with E-state index in [0.717, 1.165) is 18.3 Å². The lowest BCUT2D eigenvalue weighted by Gasteiger charge is -2.47. The molecule has 11 heteroatoms. The molecule has 0 aromatic heterocycles. The van der Waals surface area contributed by atoms with Crippen LogP contribution in [0.4, 0.5) is 14.5 Å². The van der Waals surface area contributed by atoms with E-state index in [1.165, 1.54) is 4.31 Å². The van der Waals surface area contributed by atoms with Crippen LogP contribution < -0.4 is 5.32 Å². The second-order valence-electron chi connectivity index (χ2n) is 8.15. The number of fused-ring (bicyclic) bond motifs is 1. The van der Waals surface area contributed by atoms with Gasteiger partial charge in [-0.1, -0.05) is 30.3 Å². The summed E-state index contributed by atoms with van der Waals surface area (Å²) in [5, 5.41) is 10.2. The van der Waals surface area contributed by atoms with E-state index in [1.807, 2.05) is 6.07 Å². The number of carbonyl (C=O) groups is 1. The smallest absolute Gasteiger partial charge is 0.293 e. The van der Waals surface area contributed by atoms with Crippen LogP contribution in [0, 0.1) is 17.0 Å². The van der Waals surface area contributed by atoms with Gasteiger partial charge in [0.25, 0.3) is 5.91 Å². The standard InChI is InChI=1S/C23H24F2N4O4S/c1-15-21-13-28(34(31,32)14-16-5-3-2-4-6-16)7-8-29(21)20(12-26)22(33-15)23(30)27-19-10-17(24)9-18(25)11-19/h2-6,9-12,15,21,26H,7-8,13-14H2,1H3,(H,27,30). The largest absolute Gasteiger partial charge is 0.481 e. The van der Waals surface area contributed by atoms with Crippen molar-refractivity contribution in [3.63, 3.8) is 0 Å². The first-order valence-corrected chi connectivity index (χ1v) is 12.3. The Bertz CT molecular complexity index is 1220. The molecule has 2 aliphatic rings. The van der Waals surface area contributed by atoms with Gasteiger partial charge in [-0.3, -0.25) is 4.79 Å². The van der Waals surface area contributed by atoms with Gasteiger partial charge < -0.3 is 20.4 Å². The summed E-state index contributed by atoms with van der Waals surface area (Å²) in [6.45, 7) is 2.28. The van der Waals surface area contributed by atoms with E-state index in [0.29, 0.717) is 11.6 Å². The summed E-state index contributed by atoms with van der Waals surface area (Å²) < 4.78 is 60.2. The monoisotopic (exact) mass is 490 g/mol. The zero-order valence-electron chi connectivity index (χ0n) is 18.4. The van der Waals surface area contributed by atoms with Crippen molar-refractivity contribution in [1.29, 1.82) is 5.41 Å². The highest BCUT2D eigenvalue weighted by molar-refractivity contribution is 7.88. The summed E-state index contributed by atoms with van der Waals surface area (Å²) in [5.74, 6) is -2.73. The summed E-state index contributed by atoms with van der Waals surface area (Å²) in [6.07, 6.45) is 0.386. The number of anilines is 1. The minimum Gasteiger partial charge on any atom is -0.481 e. The molecule has 8 nitrogen and oxygen atoms in total. The number of halogens is 2. The molecule has 2 atom stereocenters. The molecule has 0 radical (unpaired) electrons. The number of amides is 1. The van der Waals surface area contributed by atoms with Gasteiger partial charge in [0.2, 0.25) is 15.8 Å². The molecule has 2 aliphatic heterocycles. The molecule has 2 heterocycles. The summed E-state index contributed by atoms with van der Waals surface area (Å²) in [4.78, 5) is 14.6. The average molecular weight is 491 g/mol. The fraction of sp³-hybridized carbons (Fsp3) is 0.304. The van der Waals surface area contributed by atoms with Crippen LogP contribution in [0.3, 0.4) is 0 Å². The Morgan fingerprint density at radius 3 is 2.50 bits per heavy atom. The number of allylic oxidation sites excluding steroid dienone is 1. The summed E-state index contributed by atoms with van der Waals surface area (Å²) in [6, 6.07) is 11.1. The van der Waals surface area contributed by atoms with E-state index < -0.39 is 39.7 Å². The maximum atomic E-state index is 13.5. The zero-order chi connectivity index (χ0) is 24.5. The van der Waals surface area contributed by atoms with Gasteiger partial charge in [0, 0.05) is 37.6 Å². The van der Waals surface area contributed by atoms with E-state index in [2.05, 4.69) is 5.32 Å². The molecule has 1 amide bonds.